The van der Waals surface area contributed by atoms with E-state index in [-0.39, 0.29) is 0 Å². The van der Waals surface area contributed by atoms with E-state index in [1.54, 1.807) is 0 Å². The van der Waals surface area contributed by atoms with Gasteiger partial charge in [-0.05, 0) is 6.08 Å². The van der Waals surface area contributed by atoms with Crippen LogP contribution in [0.2, 0.25) is 0 Å². The Morgan fingerprint density at radius 3 is 2.33 bits per heavy atom. The normalized spacial score (nSPS) is 37.4. The van der Waals surface area contributed by atoms with Gasteiger partial charge in [0, 0.05) is 6.92 Å². The molecule has 14 heteroatoms. The monoisotopic (exact) mass is 435 g/mol. The first-order valence-electron chi connectivity index (χ1n) is 8.91. The molecule has 2 amide bonds. The van der Waals surface area contributed by atoms with Crippen LogP contribution in [0, 0.1) is 0 Å². The van der Waals surface area contributed by atoms with Crippen molar-refractivity contribution in [3.63, 3.8) is 0 Å². The van der Waals surface area contributed by atoms with Crippen LogP contribution >= 0.6 is 0 Å². The van der Waals surface area contributed by atoms with Gasteiger partial charge in [-0.2, -0.15) is 0 Å². The first-order valence-corrected chi connectivity index (χ1v) is 8.91. The zero-order valence-electron chi connectivity index (χ0n) is 15.8. The Morgan fingerprint density at radius 2 is 1.80 bits per heavy atom. The molecule has 2 heterocycles. The Hall–Kier alpha value is -2.33. The van der Waals surface area contributed by atoms with Gasteiger partial charge in [0.25, 0.3) is 5.91 Å². The van der Waals surface area contributed by atoms with E-state index in [1.807, 2.05) is 0 Å². The lowest BCUT2D eigenvalue weighted by Crippen LogP contribution is -2.67. The maximum absolute atomic E-state index is 12.5. The van der Waals surface area contributed by atoms with Crippen molar-refractivity contribution in [3.8, 4) is 0 Å². The number of carbonyl (C=O) groups excluding carboxylic acids is 2. The highest BCUT2D eigenvalue weighted by atomic mass is 16.6. The first kappa shape index (κ1) is 23.9. The summed E-state index contributed by atoms with van der Waals surface area (Å²) in [6.45, 7) is 0.423. The third-order valence-corrected chi connectivity index (χ3v) is 4.75. The lowest BCUT2D eigenvalue weighted by molar-refractivity contribution is -0.254. The lowest BCUT2D eigenvalue weighted by Gasteiger charge is -2.41. The number of ether oxygens (including phenoxy) is 2. The number of carbonyl (C=O) groups is 3. The molecule has 0 radical (unpaired) electrons. The average Bonchev–Trinajstić information content (AvgIpc) is 2.68. The van der Waals surface area contributed by atoms with Crippen LogP contribution in [0.25, 0.3) is 0 Å². The molecular formula is C16H25N3O11. The average molecular weight is 435 g/mol. The summed E-state index contributed by atoms with van der Waals surface area (Å²) >= 11 is 0. The second-order valence-corrected chi connectivity index (χ2v) is 6.93. The number of hydrogen-bond acceptors (Lipinski definition) is 11. The Bertz CT molecular complexity index is 702. The molecule has 14 nitrogen and oxygen atoms in total. The molecule has 1 fully saturated rings. The molecule has 2 aliphatic heterocycles. The Morgan fingerprint density at radius 1 is 1.17 bits per heavy atom. The zero-order chi connectivity index (χ0) is 22.7. The summed E-state index contributed by atoms with van der Waals surface area (Å²) in [7, 11) is 0. The SMILES string of the molecule is CC(=O)N[C@@H]1[C@@H](N)C=C(C(=O)O)O[C@H]1C(O)C(=O)NC1C(O)C(O)C(CO)O[C@@H]1O. The number of carboxylic acid groups (broad SMARTS) is 1. The molecule has 10 N–H and O–H groups in total. The largest absolute Gasteiger partial charge is 0.478 e. The summed E-state index contributed by atoms with van der Waals surface area (Å²) in [6.07, 6.45) is -9.31. The van der Waals surface area contributed by atoms with E-state index in [0.29, 0.717) is 0 Å². The highest BCUT2D eigenvalue weighted by Crippen LogP contribution is 2.23. The van der Waals surface area contributed by atoms with E-state index >= 15 is 0 Å². The highest BCUT2D eigenvalue weighted by Gasteiger charge is 2.47. The predicted molar refractivity (Wildman–Crippen MR) is 94.1 cm³/mol. The molecule has 9 atom stereocenters. The summed E-state index contributed by atoms with van der Waals surface area (Å²) in [6, 6.07) is -3.91. The van der Waals surface area contributed by atoms with E-state index in [0.717, 1.165) is 13.0 Å². The van der Waals surface area contributed by atoms with E-state index in [4.69, 9.17) is 25.4 Å². The number of nitrogens with one attached hydrogen (secondary N) is 2. The van der Waals surface area contributed by atoms with E-state index < -0.39 is 85.1 Å². The summed E-state index contributed by atoms with van der Waals surface area (Å²) in [5.41, 5.74) is 5.83. The van der Waals surface area contributed by atoms with Crippen LogP contribution in [-0.4, -0.2) is 110 Å². The number of aliphatic hydroxyl groups is 5. The Labute approximate surface area is 169 Å². The van der Waals surface area contributed by atoms with Gasteiger partial charge >= 0.3 is 5.97 Å². The van der Waals surface area contributed by atoms with Gasteiger partial charge in [0.2, 0.25) is 11.7 Å². The minimum atomic E-state index is -2.11. The molecule has 2 aliphatic rings. The van der Waals surface area contributed by atoms with Crippen molar-refractivity contribution in [3.05, 3.63) is 11.8 Å². The van der Waals surface area contributed by atoms with Gasteiger partial charge in [-0.15, -0.1) is 0 Å². The number of nitrogens with two attached hydrogens (primary N) is 1. The molecule has 0 aliphatic carbocycles. The van der Waals surface area contributed by atoms with Crippen LogP contribution < -0.4 is 16.4 Å². The first-order chi connectivity index (χ1) is 14.0. The van der Waals surface area contributed by atoms with E-state index in [1.165, 1.54) is 0 Å². The van der Waals surface area contributed by atoms with Gasteiger partial charge in [0.15, 0.2) is 18.5 Å². The summed E-state index contributed by atoms with van der Waals surface area (Å²) in [5, 5.41) is 63.0. The third kappa shape index (κ3) is 5.04. The number of rotatable bonds is 6. The molecule has 0 bridgehead atoms. The summed E-state index contributed by atoms with van der Waals surface area (Å²) in [4.78, 5) is 35.2. The van der Waals surface area contributed by atoms with Crippen molar-refractivity contribution >= 4 is 17.8 Å². The highest BCUT2D eigenvalue weighted by molar-refractivity contribution is 5.86. The molecule has 2 rings (SSSR count). The van der Waals surface area contributed by atoms with Gasteiger partial charge in [-0.1, -0.05) is 0 Å². The fraction of sp³-hybridized carbons (Fsp3) is 0.688. The maximum Gasteiger partial charge on any atom is 0.370 e. The number of aliphatic carboxylic acids is 1. The number of hydrogen-bond donors (Lipinski definition) is 9. The predicted octanol–water partition coefficient (Wildman–Crippen LogP) is -5.54. The van der Waals surface area contributed by atoms with E-state index in [2.05, 4.69) is 10.6 Å². The number of amides is 2. The van der Waals surface area contributed by atoms with Gasteiger partial charge in [-0.25, -0.2) is 4.79 Å². The molecule has 1 saturated heterocycles. The van der Waals surface area contributed by atoms with Gasteiger partial charge < -0.3 is 56.5 Å². The van der Waals surface area contributed by atoms with Crippen LogP contribution in [0.15, 0.2) is 11.8 Å². The van der Waals surface area contributed by atoms with Crippen molar-refractivity contribution in [2.45, 2.75) is 61.9 Å². The van der Waals surface area contributed by atoms with Crippen molar-refractivity contribution in [2.75, 3.05) is 6.61 Å². The molecule has 170 valence electrons. The van der Waals surface area contributed by atoms with Crippen LogP contribution in [0.4, 0.5) is 0 Å². The fourth-order valence-electron chi connectivity index (χ4n) is 3.20. The van der Waals surface area contributed by atoms with Crippen LogP contribution in [-0.2, 0) is 23.9 Å². The molecule has 0 spiro atoms. The second-order valence-electron chi connectivity index (χ2n) is 6.93. The molecule has 0 aromatic carbocycles. The van der Waals surface area contributed by atoms with Crippen molar-refractivity contribution in [1.82, 2.24) is 10.6 Å². The Kier molecular flexibility index (Phi) is 7.70. The molecular weight excluding hydrogens is 410 g/mol. The van der Waals surface area contributed by atoms with Crippen molar-refractivity contribution in [1.29, 1.82) is 0 Å². The van der Waals surface area contributed by atoms with Crippen molar-refractivity contribution in [2.24, 2.45) is 5.73 Å². The van der Waals surface area contributed by atoms with Crippen molar-refractivity contribution < 1.29 is 54.5 Å². The Balaban J connectivity index is 2.18. The summed E-state index contributed by atoms with van der Waals surface area (Å²) < 4.78 is 10.0. The minimum absolute atomic E-state index is 0.589. The topological polar surface area (TPSA) is 241 Å². The molecule has 0 saturated carbocycles. The molecule has 30 heavy (non-hydrogen) atoms. The molecule has 5 unspecified atom stereocenters. The number of aliphatic hydroxyl groups excluding tert-OH is 5. The van der Waals surface area contributed by atoms with Gasteiger partial charge in [0.05, 0.1) is 18.7 Å². The van der Waals surface area contributed by atoms with E-state index in [9.17, 15) is 34.8 Å². The maximum atomic E-state index is 12.5. The minimum Gasteiger partial charge on any atom is -0.478 e. The smallest absolute Gasteiger partial charge is 0.370 e. The molecule has 0 aromatic heterocycles. The quantitative estimate of drug-likeness (QED) is 0.190. The van der Waals surface area contributed by atoms with Crippen LogP contribution in [0.3, 0.4) is 0 Å². The third-order valence-electron chi connectivity index (χ3n) is 4.75. The standard InChI is InChI=1S/C16H25N3O11/c1-4(21)18-8-5(17)2-6(15(26)27)29-13(8)12(24)14(25)19-9-11(23)10(22)7(3-20)30-16(9)28/h2,5,7-13,16,20,22-24,28H,3,17H2,1H3,(H,18,21)(H,19,25)(H,26,27)/t5-,7?,8+,9?,10?,11?,12?,13+,16-/m0/s1. The zero-order valence-corrected chi connectivity index (χ0v) is 15.8. The number of carboxylic acids is 1. The summed E-state index contributed by atoms with van der Waals surface area (Å²) in [5.74, 6) is -4.00. The lowest BCUT2D eigenvalue weighted by atomic mass is 9.93. The van der Waals surface area contributed by atoms with Gasteiger partial charge in [0.1, 0.15) is 24.4 Å². The van der Waals surface area contributed by atoms with Crippen LogP contribution in [0.1, 0.15) is 6.92 Å². The van der Waals surface area contributed by atoms with Crippen LogP contribution in [0.5, 0.6) is 0 Å². The van der Waals surface area contributed by atoms with Gasteiger partial charge in [-0.3, -0.25) is 9.59 Å². The fourth-order valence-corrected chi connectivity index (χ4v) is 3.20. The molecule has 0 aromatic rings. The second kappa shape index (κ2) is 9.65.